The molecule has 3 heterocycles. The Balaban J connectivity index is 1.43. The van der Waals surface area contributed by atoms with Crippen molar-refractivity contribution in [2.75, 3.05) is 0 Å². The van der Waals surface area contributed by atoms with Crippen molar-refractivity contribution in [1.82, 2.24) is 25.1 Å². The smallest absolute Gasteiger partial charge is 0.280 e. The zero-order valence-corrected chi connectivity index (χ0v) is 15.9. The molecule has 1 aliphatic rings. The highest BCUT2D eigenvalue weighted by Gasteiger charge is 2.28. The molecule has 2 aromatic heterocycles. The van der Waals surface area contributed by atoms with Crippen molar-refractivity contribution in [2.24, 2.45) is 0 Å². The lowest BCUT2D eigenvalue weighted by molar-refractivity contribution is -0.00117. The van der Waals surface area contributed by atoms with Gasteiger partial charge in [0.25, 0.3) is 5.89 Å². The summed E-state index contributed by atoms with van der Waals surface area (Å²) in [6.07, 6.45) is -0.124. The van der Waals surface area contributed by atoms with Crippen LogP contribution in [0.5, 0.6) is 0 Å². The SMILES string of the molecule is Clc1ccc(C2Cn3nnc(-c4nc(-c5ccccc5Cl)no4)c3CO2)cc1. The molecule has 5 rings (SSSR count). The number of hydrogen-bond donors (Lipinski definition) is 0. The molecule has 2 aromatic carbocycles. The average Bonchev–Trinajstić information content (AvgIpc) is 3.35. The molecule has 0 amide bonds. The molecule has 0 aliphatic carbocycles. The van der Waals surface area contributed by atoms with Crippen LogP contribution in [0.2, 0.25) is 10.0 Å². The van der Waals surface area contributed by atoms with Gasteiger partial charge in [-0.15, -0.1) is 5.10 Å². The van der Waals surface area contributed by atoms with Gasteiger partial charge >= 0.3 is 0 Å². The Morgan fingerprint density at radius 1 is 1.04 bits per heavy atom. The molecule has 9 heteroatoms. The molecule has 1 atom stereocenters. The summed E-state index contributed by atoms with van der Waals surface area (Å²) < 4.78 is 13.2. The average molecular weight is 414 g/mol. The minimum Gasteiger partial charge on any atom is -0.365 e. The summed E-state index contributed by atoms with van der Waals surface area (Å²) in [5, 5.41) is 13.7. The fraction of sp³-hybridized carbons (Fsp3) is 0.158. The number of nitrogens with zero attached hydrogens (tertiary/aromatic N) is 5. The number of hydrogen-bond acceptors (Lipinski definition) is 6. The molecule has 0 saturated carbocycles. The standard InChI is InChI=1S/C19H13Cl2N5O2/c20-12-7-5-11(6-8-12)16-9-26-15(10-27-16)17(23-25-26)19-22-18(24-28-19)13-3-1-2-4-14(13)21/h1-8,16H,9-10H2. The van der Waals surface area contributed by atoms with Gasteiger partial charge in [0.2, 0.25) is 5.82 Å². The Hall–Kier alpha value is -2.74. The number of benzene rings is 2. The van der Waals surface area contributed by atoms with Gasteiger partial charge in [0.05, 0.1) is 23.9 Å². The van der Waals surface area contributed by atoms with E-state index in [4.69, 9.17) is 32.5 Å². The highest BCUT2D eigenvalue weighted by Crippen LogP contribution is 2.32. The molecule has 140 valence electrons. The number of ether oxygens (including phenoxy) is 1. The Kier molecular flexibility index (Phi) is 4.35. The summed E-state index contributed by atoms with van der Waals surface area (Å²) >= 11 is 12.2. The second-order valence-electron chi connectivity index (χ2n) is 6.32. The summed E-state index contributed by atoms with van der Waals surface area (Å²) in [6, 6.07) is 14.9. The van der Waals surface area contributed by atoms with Crippen LogP contribution in [-0.4, -0.2) is 25.1 Å². The summed E-state index contributed by atoms with van der Waals surface area (Å²) in [4.78, 5) is 4.43. The Bertz CT molecular complexity index is 1140. The minimum atomic E-state index is -0.124. The van der Waals surface area contributed by atoms with Gasteiger partial charge in [-0.05, 0) is 29.8 Å². The van der Waals surface area contributed by atoms with Crippen LogP contribution >= 0.6 is 23.2 Å². The van der Waals surface area contributed by atoms with Gasteiger partial charge < -0.3 is 9.26 Å². The van der Waals surface area contributed by atoms with E-state index in [0.717, 1.165) is 11.3 Å². The highest BCUT2D eigenvalue weighted by molar-refractivity contribution is 6.33. The van der Waals surface area contributed by atoms with Gasteiger partial charge in [0.15, 0.2) is 5.69 Å². The topological polar surface area (TPSA) is 78.9 Å². The Labute approximate surface area is 169 Å². The molecule has 1 aliphatic heterocycles. The number of halogens is 2. The molecule has 7 nitrogen and oxygen atoms in total. The molecule has 0 bridgehead atoms. The van der Waals surface area contributed by atoms with Gasteiger partial charge in [0.1, 0.15) is 6.10 Å². The first-order valence-corrected chi connectivity index (χ1v) is 9.33. The third-order valence-electron chi connectivity index (χ3n) is 4.58. The molecule has 4 aromatic rings. The van der Waals surface area contributed by atoms with Crippen LogP contribution in [0.1, 0.15) is 17.4 Å². The van der Waals surface area contributed by atoms with Gasteiger partial charge in [-0.3, -0.25) is 0 Å². The second-order valence-corrected chi connectivity index (χ2v) is 7.16. The van der Waals surface area contributed by atoms with Crippen molar-refractivity contribution in [2.45, 2.75) is 19.3 Å². The summed E-state index contributed by atoms with van der Waals surface area (Å²) in [7, 11) is 0. The Morgan fingerprint density at radius 3 is 2.68 bits per heavy atom. The van der Waals surface area contributed by atoms with Crippen LogP contribution in [0.15, 0.2) is 53.1 Å². The van der Waals surface area contributed by atoms with E-state index in [1.54, 1.807) is 10.7 Å². The van der Waals surface area contributed by atoms with E-state index in [0.29, 0.717) is 40.3 Å². The van der Waals surface area contributed by atoms with Crippen molar-refractivity contribution < 1.29 is 9.26 Å². The van der Waals surface area contributed by atoms with Gasteiger partial charge in [0, 0.05) is 10.6 Å². The first kappa shape index (κ1) is 17.4. The predicted octanol–water partition coefficient (Wildman–Crippen LogP) is 4.57. The first-order chi connectivity index (χ1) is 13.7. The quantitative estimate of drug-likeness (QED) is 0.489. The second kappa shape index (κ2) is 7.01. The fourth-order valence-corrected chi connectivity index (χ4v) is 3.47. The molecule has 0 fully saturated rings. The van der Waals surface area contributed by atoms with Crippen LogP contribution in [-0.2, 0) is 17.9 Å². The zero-order valence-electron chi connectivity index (χ0n) is 14.4. The molecular formula is C19H13Cl2N5O2. The maximum Gasteiger partial charge on any atom is 0.280 e. The lowest BCUT2D eigenvalue weighted by Crippen LogP contribution is -2.22. The molecule has 1 unspecified atom stereocenters. The van der Waals surface area contributed by atoms with Gasteiger partial charge in [-0.25, -0.2) is 4.68 Å². The first-order valence-electron chi connectivity index (χ1n) is 8.57. The largest absolute Gasteiger partial charge is 0.365 e. The van der Waals surface area contributed by atoms with Crippen LogP contribution in [0.25, 0.3) is 23.0 Å². The number of rotatable bonds is 3. The fourth-order valence-electron chi connectivity index (χ4n) is 3.13. The van der Waals surface area contributed by atoms with Crippen molar-refractivity contribution >= 4 is 23.2 Å². The third kappa shape index (κ3) is 3.07. The molecule has 0 N–H and O–H groups in total. The molecule has 0 spiro atoms. The minimum absolute atomic E-state index is 0.124. The van der Waals surface area contributed by atoms with Crippen molar-refractivity contribution in [3.8, 4) is 23.0 Å². The Morgan fingerprint density at radius 2 is 1.86 bits per heavy atom. The maximum atomic E-state index is 6.21. The van der Waals surface area contributed by atoms with Crippen LogP contribution < -0.4 is 0 Å². The van der Waals surface area contributed by atoms with Crippen LogP contribution in [0.3, 0.4) is 0 Å². The maximum absolute atomic E-state index is 6.21. The van der Waals surface area contributed by atoms with E-state index in [-0.39, 0.29) is 12.0 Å². The zero-order chi connectivity index (χ0) is 19.1. The van der Waals surface area contributed by atoms with E-state index in [9.17, 15) is 0 Å². The van der Waals surface area contributed by atoms with Crippen LogP contribution in [0.4, 0.5) is 0 Å². The predicted molar refractivity (Wildman–Crippen MR) is 103 cm³/mol. The highest BCUT2D eigenvalue weighted by atomic mass is 35.5. The number of fused-ring (bicyclic) bond motifs is 1. The van der Waals surface area contributed by atoms with Gasteiger partial charge in [-0.2, -0.15) is 4.98 Å². The third-order valence-corrected chi connectivity index (χ3v) is 5.16. The van der Waals surface area contributed by atoms with Crippen LogP contribution in [0, 0.1) is 0 Å². The molecule has 28 heavy (non-hydrogen) atoms. The lowest BCUT2D eigenvalue weighted by atomic mass is 10.1. The summed E-state index contributed by atoms with van der Waals surface area (Å²) in [6.45, 7) is 0.870. The molecular weight excluding hydrogens is 401 g/mol. The lowest BCUT2D eigenvalue weighted by Gasteiger charge is -2.24. The van der Waals surface area contributed by atoms with Crippen molar-refractivity contribution in [1.29, 1.82) is 0 Å². The van der Waals surface area contributed by atoms with E-state index >= 15 is 0 Å². The van der Waals surface area contributed by atoms with E-state index in [1.807, 2.05) is 42.5 Å². The van der Waals surface area contributed by atoms with Gasteiger partial charge in [-0.1, -0.05) is 57.8 Å². The summed E-state index contributed by atoms with van der Waals surface area (Å²) in [5.74, 6) is 0.683. The monoisotopic (exact) mass is 413 g/mol. The summed E-state index contributed by atoms with van der Waals surface area (Å²) in [5.41, 5.74) is 3.03. The molecule has 0 saturated heterocycles. The van der Waals surface area contributed by atoms with E-state index in [2.05, 4.69) is 20.5 Å². The van der Waals surface area contributed by atoms with Crippen molar-refractivity contribution in [3.63, 3.8) is 0 Å². The number of aromatic nitrogens is 5. The normalized spacial score (nSPS) is 16.1. The van der Waals surface area contributed by atoms with E-state index in [1.165, 1.54) is 0 Å². The van der Waals surface area contributed by atoms with Crippen molar-refractivity contribution in [3.05, 3.63) is 69.8 Å². The molecule has 0 radical (unpaired) electrons. The van der Waals surface area contributed by atoms with E-state index < -0.39 is 0 Å².